The van der Waals surface area contributed by atoms with Gasteiger partial charge in [0.05, 0.1) is 20.3 Å². The Morgan fingerprint density at radius 2 is 1.83 bits per heavy atom. The third-order valence-corrected chi connectivity index (χ3v) is 3.49. The third-order valence-electron chi connectivity index (χ3n) is 3.49. The second-order valence-electron chi connectivity index (χ2n) is 4.70. The molecule has 0 unspecified atom stereocenters. The largest absolute Gasteiger partial charge is 0.492 e. The van der Waals surface area contributed by atoms with E-state index in [1.54, 1.807) is 14.0 Å². The van der Waals surface area contributed by atoms with Crippen molar-refractivity contribution >= 4 is 5.78 Å². The van der Waals surface area contributed by atoms with Gasteiger partial charge < -0.3 is 14.2 Å². The van der Waals surface area contributed by atoms with Crippen molar-refractivity contribution in [3.63, 3.8) is 0 Å². The van der Waals surface area contributed by atoms with Crippen molar-refractivity contribution in [2.24, 2.45) is 0 Å². The minimum absolute atomic E-state index is 0.145. The molecular formula is C14H16O4. The lowest BCUT2D eigenvalue weighted by Gasteiger charge is -2.15. The van der Waals surface area contributed by atoms with E-state index in [0.717, 1.165) is 46.8 Å². The first-order valence-corrected chi connectivity index (χ1v) is 6.22. The quantitative estimate of drug-likeness (QED) is 0.816. The van der Waals surface area contributed by atoms with Crippen LogP contribution in [-0.2, 0) is 24.1 Å². The summed E-state index contributed by atoms with van der Waals surface area (Å²) in [5, 5.41) is 0. The Hall–Kier alpha value is -1.71. The molecule has 0 bridgehead atoms. The number of benzene rings is 1. The van der Waals surface area contributed by atoms with Gasteiger partial charge in [-0.1, -0.05) is 0 Å². The monoisotopic (exact) mass is 248 g/mol. The maximum absolute atomic E-state index is 11.4. The molecule has 1 aromatic carbocycles. The van der Waals surface area contributed by atoms with Crippen LogP contribution in [0.4, 0.5) is 0 Å². The van der Waals surface area contributed by atoms with Gasteiger partial charge in [-0.2, -0.15) is 0 Å². The predicted molar refractivity (Wildman–Crippen MR) is 65.8 cm³/mol. The van der Waals surface area contributed by atoms with Crippen LogP contribution in [0.15, 0.2) is 0 Å². The highest BCUT2D eigenvalue weighted by atomic mass is 16.5. The highest BCUT2D eigenvalue weighted by molar-refractivity contribution is 5.81. The Morgan fingerprint density at radius 1 is 1.17 bits per heavy atom. The van der Waals surface area contributed by atoms with E-state index in [9.17, 15) is 4.79 Å². The Morgan fingerprint density at radius 3 is 2.50 bits per heavy atom. The van der Waals surface area contributed by atoms with Crippen molar-refractivity contribution < 1.29 is 19.0 Å². The first kappa shape index (κ1) is 11.4. The number of carbonyl (C=O) groups is 1. The van der Waals surface area contributed by atoms with Crippen LogP contribution in [0.1, 0.15) is 23.6 Å². The van der Waals surface area contributed by atoms with Crippen molar-refractivity contribution in [1.82, 2.24) is 0 Å². The van der Waals surface area contributed by atoms with Crippen LogP contribution in [0.5, 0.6) is 17.2 Å². The molecule has 0 aliphatic carbocycles. The van der Waals surface area contributed by atoms with Gasteiger partial charge in [-0.05, 0) is 6.92 Å². The van der Waals surface area contributed by atoms with Crippen LogP contribution in [-0.4, -0.2) is 26.1 Å². The molecule has 0 saturated carbocycles. The number of ether oxygens (including phenoxy) is 3. The molecule has 0 amide bonds. The van der Waals surface area contributed by atoms with E-state index in [-0.39, 0.29) is 5.78 Å². The molecule has 2 heterocycles. The molecule has 4 heteroatoms. The Bertz CT molecular complexity index is 484. The second-order valence-corrected chi connectivity index (χ2v) is 4.70. The van der Waals surface area contributed by atoms with Gasteiger partial charge in [0.1, 0.15) is 11.5 Å². The van der Waals surface area contributed by atoms with Gasteiger partial charge in [-0.3, -0.25) is 4.79 Å². The fourth-order valence-electron chi connectivity index (χ4n) is 2.81. The maximum atomic E-state index is 11.4. The molecule has 0 fully saturated rings. The van der Waals surface area contributed by atoms with E-state index in [1.807, 2.05) is 0 Å². The van der Waals surface area contributed by atoms with E-state index >= 15 is 0 Å². The maximum Gasteiger partial charge on any atom is 0.168 e. The first-order valence-electron chi connectivity index (χ1n) is 6.22. The van der Waals surface area contributed by atoms with Crippen molar-refractivity contribution in [2.45, 2.75) is 26.2 Å². The molecule has 0 atom stereocenters. The average molecular weight is 248 g/mol. The Kier molecular flexibility index (Phi) is 2.65. The van der Waals surface area contributed by atoms with Gasteiger partial charge in [-0.25, -0.2) is 0 Å². The number of carbonyl (C=O) groups excluding carboxylic acids is 1. The molecule has 0 aromatic heterocycles. The van der Waals surface area contributed by atoms with Gasteiger partial charge in [0.15, 0.2) is 11.5 Å². The Balaban J connectivity index is 2.23. The van der Waals surface area contributed by atoms with Crippen molar-refractivity contribution in [2.75, 3.05) is 20.3 Å². The van der Waals surface area contributed by atoms with E-state index in [0.29, 0.717) is 19.6 Å². The SMILES string of the molecule is COc1c2c(c(CC(C)=O)c3c1OCC3)OCC2. The molecular weight excluding hydrogens is 232 g/mol. The zero-order valence-electron chi connectivity index (χ0n) is 10.7. The van der Waals surface area contributed by atoms with E-state index in [2.05, 4.69) is 0 Å². The summed E-state index contributed by atoms with van der Waals surface area (Å²) in [6, 6.07) is 0. The predicted octanol–water partition coefficient (Wildman–Crippen LogP) is 1.70. The number of Topliss-reactive ketones (excluding diaryl/α,β-unsaturated/α-hetero) is 1. The van der Waals surface area contributed by atoms with Crippen molar-refractivity contribution in [1.29, 1.82) is 0 Å². The number of hydrogen-bond acceptors (Lipinski definition) is 4. The topological polar surface area (TPSA) is 44.8 Å². The van der Waals surface area contributed by atoms with Gasteiger partial charge in [-0.15, -0.1) is 0 Å². The smallest absolute Gasteiger partial charge is 0.168 e. The number of rotatable bonds is 3. The fourth-order valence-corrected chi connectivity index (χ4v) is 2.81. The average Bonchev–Trinajstić information content (AvgIpc) is 2.96. The summed E-state index contributed by atoms with van der Waals surface area (Å²) in [5.41, 5.74) is 3.14. The summed E-state index contributed by atoms with van der Waals surface area (Å²) in [4.78, 5) is 11.4. The lowest BCUT2D eigenvalue weighted by molar-refractivity contribution is -0.116. The standard InChI is InChI=1S/C14H16O4/c1-8(15)7-11-9-3-5-18-14(9)13(16-2)10-4-6-17-12(10)11/h3-7H2,1-2H3. The lowest BCUT2D eigenvalue weighted by atomic mass is 9.95. The van der Waals surface area contributed by atoms with Crippen LogP contribution in [0.3, 0.4) is 0 Å². The van der Waals surface area contributed by atoms with Crippen molar-refractivity contribution in [3.8, 4) is 17.2 Å². The fraction of sp³-hybridized carbons (Fsp3) is 0.500. The minimum atomic E-state index is 0.145. The summed E-state index contributed by atoms with van der Waals surface area (Å²) >= 11 is 0. The summed E-state index contributed by atoms with van der Waals surface area (Å²) < 4.78 is 16.9. The first-order chi connectivity index (χ1) is 8.72. The molecule has 0 saturated heterocycles. The molecule has 3 rings (SSSR count). The second kappa shape index (κ2) is 4.19. The van der Waals surface area contributed by atoms with Crippen LogP contribution in [0, 0.1) is 0 Å². The van der Waals surface area contributed by atoms with Crippen LogP contribution < -0.4 is 14.2 Å². The summed E-state index contributed by atoms with van der Waals surface area (Å²) in [6.45, 7) is 2.91. The number of methoxy groups -OCH3 is 1. The molecule has 2 aliphatic heterocycles. The summed E-state index contributed by atoms with van der Waals surface area (Å²) in [5.74, 6) is 2.61. The van der Waals surface area contributed by atoms with E-state index < -0.39 is 0 Å². The molecule has 96 valence electrons. The summed E-state index contributed by atoms with van der Waals surface area (Å²) in [7, 11) is 1.65. The molecule has 4 nitrogen and oxygen atoms in total. The zero-order valence-corrected chi connectivity index (χ0v) is 10.7. The molecule has 1 aromatic rings. The molecule has 18 heavy (non-hydrogen) atoms. The van der Waals surface area contributed by atoms with Crippen molar-refractivity contribution in [3.05, 3.63) is 16.7 Å². The molecule has 2 aliphatic rings. The van der Waals surface area contributed by atoms with E-state index in [1.165, 1.54) is 0 Å². The molecule has 0 spiro atoms. The van der Waals surface area contributed by atoms with E-state index in [4.69, 9.17) is 14.2 Å². The molecule has 0 radical (unpaired) electrons. The van der Waals surface area contributed by atoms with Gasteiger partial charge in [0.25, 0.3) is 0 Å². The highest BCUT2D eigenvalue weighted by Gasteiger charge is 2.32. The van der Waals surface area contributed by atoms with Crippen LogP contribution in [0.25, 0.3) is 0 Å². The highest BCUT2D eigenvalue weighted by Crippen LogP contribution is 2.49. The minimum Gasteiger partial charge on any atom is -0.492 e. The Labute approximate surface area is 106 Å². The number of ketones is 1. The third kappa shape index (κ3) is 1.55. The molecule has 0 N–H and O–H groups in total. The normalized spacial score (nSPS) is 15.7. The lowest BCUT2D eigenvalue weighted by Crippen LogP contribution is -2.04. The van der Waals surface area contributed by atoms with Gasteiger partial charge in [0.2, 0.25) is 0 Å². The van der Waals surface area contributed by atoms with Gasteiger partial charge in [0, 0.05) is 36.0 Å². The number of hydrogen-bond donors (Lipinski definition) is 0. The zero-order chi connectivity index (χ0) is 12.7. The van der Waals surface area contributed by atoms with Crippen LogP contribution in [0.2, 0.25) is 0 Å². The summed E-state index contributed by atoms with van der Waals surface area (Å²) in [6.07, 6.45) is 2.06. The van der Waals surface area contributed by atoms with Gasteiger partial charge >= 0.3 is 0 Å². The van der Waals surface area contributed by atoms with Crippen LogP contribution >= 0.6 is 0 Å². The number of fused-ring (bicyclic) bond motifs is 2.